The van der Waals surface area contributed by atoms with Gasteiger partial charge in [0.2, 0.25) is 0 Å². The second-order valence-electron chi connectivity index (χ2n) is 8.86. The van der Waals surface area contributed by atoms with Gasteiger partial charge in [0.05, 0.1) is 7.11 Å². The van der Waals surface area contributed by atoms with Gasteiger partial charge in [0, 0.05) is 68.3 Å². The Balaban J connectivity index is 1.14. The van der Waals surface area contributed by atoms with Crippen molar-refractivity contribution in [1.29, 1.82) is 0 Å². The van der Waals surface area contributed by atoms with Crippen molar-refractivity contribution >= 4 is 16.8 Å². The van der Waals surface area contributed by atoms with Crippen LogP contribution in [0.25, 0.3) is 10.9 Å². The first-order valence-electron chi connectivity index (χ1n) is 11.2. The monoisotopic (exact) mass is 396 g/mol. The number of hydrogen-bond acceptors (Lipinski definition) is 4. The van der Waals surface area contributed by atoms with Crippen molar-refractivity contribution in [3.05, 3.63) is 30.0 Å². The summed E-state index contributed by atoms with van der Waals surface area (Å²) in [5.74, 6) is 0.909. The van der Waals surface area contributed by atoms with Gasteiger partial charge in [-0.3, -0.25) is 14.6 Å². The molecule has 156 valence electrons. The van der Waals surface area contributed by atoms with E-state index < -0.39 is 0 Å². The number of ether oxygens (including phenoxy) is 1. The van der Waals surface area contributed by atoms with Gasteiger partial charge in [-0.15, -0.1) is 0 Å². The van der Waals surface area contributed by atoms with E-state index in [0.29, 0.717) is 11.7 Å². The number of nitrogens with zero attached hydrogens (tertiary/aromatic N) is 3. The number of H-pyrrole nitrogens is 1. The summed E-state index contributed by atoms with van der Waals surface area (Å²) in [4.78, 5) is 23.4. The summed E-state index contributed by atoms with van der Waals surface area (Å²) in [6.45, 7) is 6.38. The normalized spacial score (nSPS) is 22.7. The number of carbonyl (C=O) groups is 1. The summed E-state index contributed by atoms with van der Waals surface area (Å²) in [6, 6.07) is 9.16. The highest BCUT2D eigenvalue weighted by atomic mass is 16.5. The molecule has 1 aromatic heterocycles. The summed E-state index contributed by atoms with van der Waals surface area (Å²) < 4.78 is 5.27. The van der Waals surface area contributed by atoms with Gasteiger partial charge in [0.25, 0.3) is 5.91 Å². The van der Waals surface area contributed by atoms with E-state index >= 15 is 0 Å². The quantitative estimate of drug-likeness (QED) is 0.863. The first-order chi connectivity index (χ1) is 14.2. The fraction of sp³-hybridized carbons (Fsp3) is 0.609. The standard InChI is InChI=1S/C23H32N4O2/c1-29-20-8-7-17-13-22(24-21(17)14-20)23(28)27-15-19(16-27)26-11-9-25(10-12-26)18-5-3-2-4-6-18/h7-8,13-14,18-19,24H,2-6,9-12,15-16H2,1H3. The number of carbonyl (C=O) groups excluding carboxylic acids is 1. The Labute approximate surface area is 172 Å². The summed E-state index contributed by atoms with van der Waals surface area (Å²) in [7, 11) is 1.66. The number of benzene rings is 1. The van der Waals surface area contributed by atoms with Gasteiger partial charge >= 0.3 is 0 Å². The minimum absolute atomic E-state index is 0.109. The molecule has 1 amide bonds. The minimum atomic E-state index is 0.109. The van der Waals surface area contributed by atoms with Crippen molar-refractivity contribution < 1.29 is 9.53 Å². The number of methoxy groups -OCH3 is 1. The van der Waals surface area contributed by atoms with Gasteiger partial charge in [0.15, 0.2) is 0 Å². The van der Waals surface area contributed by atoms with E-state index in [4.69, 9.17) is 4.74 Å². The fourth-order valence-corrected chi connectivity index (χ4v) is 5.28. The van der Waals surface area contributed by atoms with Crippen molar-refractivity contribution in [2.75, 3.05) is 46.4 Å². The van der Waals surface area contributed by atoms with Crippen LogP contribution in [0, 0.1) is 0 Å². The molecule has 0 radical (unpaired) electrons. The maximum absolute atomic E-state index is 12.9. The Bertz CT molecular complexity index is 859. The summed E-state index contributed by atoms with van der Waals surface area (Å²) in [5.41, 5.74) is 1.62. The zero-order valence-electron chi connectivity index (χ0n) is 17.4. The van der Waals surface area contributed by atoms with E-state index in [2.05, 4.69) is 14.8 Å². The van der Waals surface area contributed by atoms with Gasteiger partial charge < -0.3 is 14.6 Å². The third-order valence-corrected chi connectivity index (χ3v) is 7.17. The molecule has 6 nitrogen and oxygen atoms in total. The van der Waals surface area contributed by atoms with Gasteiger partial charge in [0.1, 0.15) is 11.4 Å². The lowest BCUT2D eigenvalue weighted by Gasteiger charge is -2.49. The van der Waals surface area contributed by atoms with Crippen LogP contribution in [0.4, 0.5) is 0 Å². The van der Waals surface area contributed by atoms with E-state index in [-0.39, 0.29) is 5.91 Å². The highest BCUT2D eigenvalue weighted by Gasteiger charge is 2.37. The Morgan fingerprint density at radius 2 is 1.66 bits per heavy atom. The molecule has 1 aliphatic carbocycles. The molecule has 0 unspecified atom stereocenters. The molecule has 6 heteroatoms. The van der Waals surface area contributed by atoms with Gasteiger partial charge in [-0.1, -0.05) is 19.3 Å². The van der Waals surface area contributed by atoms with Crippen molar-refractivity contribution in [3.63, 3.8) is 0 Å². The van der Waals surface area contributed by atoms with E-state index in [9.17, 15) is 4.79 Å². The highest BCUT2D eigenvalue weighted by Crippen LogP contribution is 2.26. The van der Waals surface area contributed by atoms with Crippen LogP contribution < -0.4 is 4.74 Å². The molecule has 1 aromatic carbocycles. The van der Waals surface area contributed by atoms with Crippen LogP contribution >= 0.6 is 0 Å². The predicted molar refractivity (Wildman–Crippen MR) is 115 cm³/mol. The lowest BCUT2D eigenvalue weighted by molar-refractivity contribution is -0.00283. The van der Waals surface area contributed by atoms with Crippen LogP contribution in [0.2, 0.25) is 0 Å². The number of hydrogen-bond donors (Lipinski definition) is 1. The van der Waals surface area contributed by atoms with Crippen LogP contribution in [0.1, 0.15) is 42.6 Å². The molecule has 3 fully saturated rings. The number of aromatic nitrogens is 1. The second-order valence-corrected chi connectivity index (χ2v) is 8.86. The number of amides is 1. The Morgan fingerprint density at radius 3 is 2.34 bits per heavy atom. The second kappa shape index (κ2) is 8.00. The van der Waals surface area contributed by atoms with E-state index in [1.807, 2.05) is 29.2 Å². The van der Waals surface area contributed by atoms with Crippen molar-refractivity contribution in [2.24, 2.45) is 0 Å². The first-order valence-corrected chi connectivity index (χ1v) is 11.2. The Kier molecular flexibility index (Phi) is 5.22. The SMILES string of the molecule is COc1ccc2cc(C(=O)N3CC(N4CCN(C5CCCCC5)CC4)C3)[nH]c2c1. The maximum Gasteiger partial charge on any atom is 0.270 e. The van der Waals surface area contributed by atoms with Crippen LogP contribution in [-0.4, -0.2) is 84.1 Å². The zero-order chi connectivity index (χ0) is 19.8. The molecule has 1 N–H and O–H groups in total. The molecule has 0 atom stereocenters. The van der Waals surface area contributed by atoms with Crippen molar-refractivity contribution in [2.45, 2.75) is 44.2 Å². The van der Waals surface area contributed by atoms with Gasteiger partial charge in [-0.05, 0) is 31.0 Å². The Morgan fingerprint density at radius 1 is 0.966 bits per heavy atom. The van der Waals surface area contributed by atoms with E-state index in [1.54, 1.807) is 7.11 Å². The molecule has 2 aliphatic heterocycles. The average molecular weight is 397 g/mol. The molecular weight excluding hydrogens is 364 g/mol. The number of aromatic amines is 1. The van der Waals surface area contributed by atoms with Gasteiger partial charge in [-0.2, -0.15) is 0 Å². The Hall–Kier alpha value is -2.05. The average Bonchev–Trinajstić information content (AvgIpc) is 3.17. The minimum Gasteiger partial charge on any atom is -0.497 e. The van der Waals surface area contributed by atoms with Crippen molar-refractivity contribution in [1.82, 2.24) is 19.7 Å². The number of fused-ring (bicyclic) bond motifs is 1. The number of piperazine rings is 1. The van der Waals surface area contributed by atoms with Crippen LogP contribution in [-0.2, 0) is 0 Å². The molecule has 3 heterocycles. The molecule has 0 bridgehead atoms. The zero-order valence-corrected chi connectivity index (χ0v) is 17.4. The lowest BCUT2D eigenvalue weighted by atomic mass is 9.93. The molecule has 2 aromatic rings. The topological polar surface area (TPSA) is 51.8 Å². The predicted octanol–water partition coefficient (Wildman–Crippen LogP) is 2.95. The molecule has 0 spiro atoms. The largest absolute Gasteiger partial charge is 0.497 e. The summed E-state index contributed by atoms with van der Waals surface area (Å²) in [6.07, 6.45) is 7.02. The third-order valence-electron chi connectivity index (χ3n) is 7.17. The molecule has 29 heavy (non-hydrogen) atoms. The van der Waals surface area contributed by atoms with Crippen LogP contribution in [0.3, 0.4) is 0 Å². The maximum atomic E-state index is 12.9. The van der Waals surface area contributed by atoms with Crippen molar-refractivity contribution in [3.8, 4) is 5.75 Å². The summed E-state index contributed by atoms with van der Waals surface area (Å²) >= 11 is 0. The lowest BCUT2D eigenvalue weighted by Crippen LogP contribution is -2.64. The first kappa shape index (κ1) is 18.9. The van der Waals surface area contributed by atoms with Gasteiger partial charge in [-0.25, -0.2) is 0 Å². The van der Waals surface area contributed by atoms with E-state index in [1.165, 1.54) is 45.2 Å². The highest BCUT2D eigenvalue weighted by molar-refractivity contribution is 5.98. The summed E-state index contributed by atoms with van der Waals surface area (Å²) in [5, 5.41) is 1.05. The molecule has 3 aliphatic rings. The molecule has 1 saturated carbocycles. The number of likely N-dealkylation sites (tertiary alicyclic amines) is 1. The van der Waals surface area contributed by atoms with E-state index in [0.717, 1.165) is 48.9 Å². The fourth-order valence-electron chi connectivity index (χ4n) is 5.28. The smallest absolute Gasteiger partial charge is 0.270 e. The molecular formula is C23H32N4O2. The van der Waals surface area contributed by atoms with Crippen LogP contribution in [0.5, 0.6) is 5.75 Å². The number of rotatable bonds is 4. The van der Waals surface area contributed by atoms with Crippen LogP contribution in [0.15, 0.2) is 24.3 Å². The number of nitrogens with one attached hydrogen (secondary N) is 1. The third kappa shape index (κ3) is 3.76. The molecule has 5 rings (SSSR count). The molecule has 2 saturated heterocycles.